The Morgan fingerprint density at radius 1 is 1.09 bits per heavy atom. The third-order valence-electron chi connectivity index (χ3n) is 6.68. The summed E-state index contributed by atoms with van der Waals surface area (Å²) < 4.78 is 25.0. The minimum absolute atomic E-state index is 0.170. The SMILES string of the molecule is C=CCOc1c(Br)cc(/C=c2\sc3n(c2=O)[C@H](c2cccc(OC)c2)C(C(=O)OCC)=C(c2ccccc2)N=3)cc1OC. The molecule has 1 aromatic heterocycles. The van der Waals surface area contributed by atoms with Gasteiger partial charge in [-0.3, -0.25) is 9.36 Å². The molecule has 0 spiro atoms. The Morgan fingerprint density at radius 3 is 2.58 bits per heavy atom. The topological polar surface area (TPSA) is 88.4 Å². The lowest BCUT2D eigenvalue weighted by molar-refractivity contribution is -0.138. The minimum Gasteiger partial charge on any atom is -0.497 e. The molecule has 0 saturated carbocycles. The van der Waals surface area contributed by atoms with E-state index in [-0.39, 0.29) is 17.7 Å². The van der Waals surface area contributed by atoms with E-state index in [4.69, 9.17) is 23.9 Å². The van der Waals surface area contributed by atoms with Crippen LogP contribution in [-0.2, 0) is 9.53 Å². The number of carbonyl (C=O) groups excluding carboxylic acids is 1. The zero-order chi connectivity index (χ0) is 30.5. The Bertz CT molecular complexity index is 1890. The van der Waals surface area contributed by atoms with Gasteiger partial charge in [0.05, 0.1) is 47.1 Å². The van der Waals surface area contributed by atoms with Gasteiger partial charge in [0.15, 0.2) is 16.3 Å². The van der Waals surface area contributed by atoms with Crippen LogP contribution in [0.4, 0.5) is 0 Å². The van der Waals surface area contributed by atoms with Gasteiger partial charge in [0, 0.05) is 5.56 Å². The number of halogens is 1. The summed E-state index contributed by atoms with van der Waals surface area (Å²) in [6.07, 6.45) is 3.42. The molecular formula is C33H29BrN2O6S. The van der Waals surface area contributed by atoms with Crippen LogP contribution in [-0.4, -0.2) is 38.0 Å². The van der Waals surface area contributed by atoms with E-state index in [2.05, 4.69) is 22.5 Å². The second-order valence-corrected chi connectivity index (χ2v) is 11.2. The second-order valence-electron chi connectivity index (χ2n) is 9.34. The molecule has 220 valence electrons. The molecule has 1 atom stereocenters. The first kappa shape index (κ1) is 30.1. The highest BCUT2D eigenvalue weighted by Gasteiger charge is 2.35. The molecule has 8 nitrogen and oxygen atoms in total. The van der Waals surface area contributed by atoms with E-state index in [0.29, 0.717) is 54.5 Å². The van der Waals surface area contributed by atoms with Crippen molar-refractivity contribution in [1.29, 1.82) is 0 Å². The molecule has 0 aliphatic carbocycles. The fourth-order valence-electron chi connectivity index (χ4n) is 4.82. The molecule has 43 heavy (non-hydrogen) atoms. The Hall–Kier alpha value is -4.41. The number of rotatable bonds is 10. The van der Waals surface area contributed by atoms with Crippen LogP contribution in [0.1, 0.15) is 29.7 Å². The summed E-state index contributed by atoms with van der Waals surface area (Å²) >= 11 is 4.79. The van der Waals surface area contributed by atoms with Crippen LogP contribution in [0.25, 0.3) is 11.8 Å². The van der Waals surface area contributed by atoms with Gasteiger partial charge in [-0.1, -0.05) is 66.5 Å². The summed E-state index contributed by atoms with van der Waals surface area (Å²) in [4.78, 5) is 33.1. The van der Waals surface area contributed by atoms with Crippen LogP contribution in [0.3, 0.4) is 0 Å². The Balaban J connectivity index is 1.78. The van der Waals surface area contributed by atoms with Gasteiger partial charge in [-0.25, -0.2) is 9.79 Å². The first-order valence-corrected chi connectivity index (χ1v) is 15.0. The minimum atomic E-state index is -0.807. The molecule has 4 aromatic rings. The number of esters is 1. The van der Waals surface area contributed by atoms with Gasteiger partial charge in [-0.05, 0) is 64.3 Å². The number of hydrogen-bond donors (Lipinski definition) is 0. The third kappa shape index (κ3) is 6.07. The fourth-order valence-corrected chi connectivity index (χ4v) is 6.40. The summed E-state index contributed by atoms with van der Waals surface area (Å²) in [5, 5.41) is 0. The van der Waals surface area contributed by atoms with Crippen molar-refractivity contribution < 1.29 is 23.7 Å². The maximum Gasteiger partial charge on any atom is 0.338 e. The fraction of sp³-hybridized carbons (Fsp3) is 0.182. The number of nitrogens with zero attached hydrogens (tertiary/aromatic N) is 2. The number of ether oxygens (including phenoxy) is 4. The maximum absolute atomic E-state index is 14.2. The molecule has 0 bridgehead atoms. The number of aromatic nitrogens is 1. The van der Waals surface area contributed by atoms with Crippen molar-refractivity contribution in [3.8, 4) is 17.2 Å². The molecule has 10 heteroatoms. The monoisotopic (exact) mass is 660 g/mol. The first-order valence-electron chi connectivity index (χ1n) is 13.4. The summed E-state index contributed by atoms with van der Waals surface area (Å²) in [7, 11) is 3.12. The van der Waals surface area contributed by atoms with E-state index in [1.807, 2.05) is 60.7 Å². The largest absolute Gasteiger partial charge is 0.497 e. The van der Waals surface area contributed by atoms with E-state index in [1.54, 1.807) is 43.9 Å². The lowest BCUT2D eigenvalue weighted by atomic mass is 9.93. The quantitative estimate of drug-likeness (QED) is 0.170. The number of benzene rings is 3. The van der Waals surface area contributed by atoms with Crippen LogP contribution in [0.15, 0.2) is 99.2 Å². The van der Waals surface area contributed by atoms with Crippen molar-refractivity contribution in [2.75, 3.05) is 27.4 Å². The number of fused-ring (bicyclic) bond motifs is 1. The molecule has 0 fully saturated rings. The van der Waals surface area contributed by atoms with Crippen molar-refractivity contribution in [2.45, 2.75) is 13.0 Å². The molecule has 0 radical (unpaired) electrons. The highest BCUT2D eigenvalue weighted by Crippen LogP contribution is 2.38. The summed E-state index contributed by atoms with van der Waals surface area (Å²) in [5.41, 5.74) is 2.56. The highest BCUT2D eigenvalue weighted by molar-refractivity contribution is 9.10. The maximum atomic E-state index is 14.2. The van der Waals surface area contributed by atoms with Crippen molar-refractivity contribution >= 4 is 45.0 Å². The first-order chi connectivity index (χ1) is 20.9. The molecule has 2 heterocycles. The predicted molar refractivity (Wildman–Crippen MR) is 170 cm³/mol. The van der Waals surface area contributed by atoms with Gasteiger partial charge in [-0.2, -0.15) is 0 Å². The molecule has 1 aliphatic heterocycles. The molecule has 0 amide bonds. The molecule has 5 rings (SSSR count). The van der Waals surface area contributed by atoms with Crippen LogP contribution >= 0.6 is 27.3 Å². The molecule has 0 unspecified atom stereocenters. The average molecular weight is 662 g/mol. The normalized spacial score (nSPS) is 14.5. The molecule has 3 aromatic carbocycles. The number of hydrogen-bond acceptors (Lipinski definition) is 8. The zero-order valence-corrected chi connectivity index (χ0v) is 26.2. The predicted octanol–water partition coefficient (Wildman–Crippen LogP) is 5.28. The van der Waals surface area contributed by atoms with Gasteiger partial charge < -0.3 is 18.9 Å². The Kier molecular flexibility index (Phi) is 9.27. The van der Waals surface area contributed by atoms with Gasteiger partial charge in [0.25, 0.3) is 5.56 Å². The summed E-state index contributed by atoms with van der Waals surface area (Å²) in [5.74, 6) is 1.08. The van der Waals surface area contributed by atoms with E-state index in [1.165, 1.54) is 11.3 Å². The number of methoxy groups -OCH3 is 2. The van der Waals surface area contributed by atoms with Crippen molar-refractivity contribution in [3.63, 3.8) is 0 Å². The van der Waals surface area contributed by atoms with E-state index in [0.717, 1.165) is 5.56 Å². The van der Waals surface area contributed by atoms with Gasteiger partial charge in [-0.15, -0.1) is 0 Å². The molecular weight excluding hydrogens is 632 g/mol. The van der Waals surface area contributed by atoms with Crippen molar-refractivity contribution in [1.82, 2.24) is 4.57 Å². The standard InChI is InChI=1S/C33H29BrN2O6S/c1-5-15-42-30-24(34)16-20(17-25(30)40-4)18-26-31(37)36-29(22-13-10-14-23(19-22)39-3)27(32(38)41-6-2)28(35-33(36)43-26)21-11-8-7-9-12-21/h5,7-14,16-19,29H,1,6,15H2,2-4H3/b26-18-/t29-/m1/s1. The Labute approximate surface area is 261 Å². The lowest BCUT2D eigenvalue weighted by Gasteiger charge is -2.26. The molecule has 0 saturated heterocycles. The van der Waals surface area contributed by atoms with Crippen LogP contribution in [0.2, 0.25) is 0 Å². The summed E-state index contributed by atoms with van der Waals surface area (Å²) in [6.45, 7) is 5.92. The van der Waals surface area contributed by atoms with Crippen LogP contribution < -0.4 is 29.1 Å². The van der Waals surface area contributed by atoms with Crippen LogP contribution in [0, 0.1) is 0 Å². The van der Waals surface area contributed by atoms with Crippen molar-refractivity contribution in [2.24, 2.45) is 4.99 Å². The summed E-state index contributed by atoms with van der Waals surface area (Å²) in [6, 6.07) is 19.6. The zero-order valence-electron chi connectivity index (χ0n) is 23.8. The lowest BCUT2D eigenvalue weighted by Crippen LogP contribution is -2.40. The van der Waals surface area contributed by atoms with E-state index >= 15 is 0 Å². The molecule has 0 N–H and O–H groups in total. The third-order valence-corrected chi connectivity index (χ3v) is 8.25. The Morgan fingerprint density at radius 2 is 1.88 bits per heavy atom. The number of thiazole rings is 1. The van der Waals surface area contributed by atoms with E-state index < -0.39 is 12.0 Å². The average Bonchev–Trinajstić information content (AvgIpc) is 3.33. The van der Waals surface area contributed by atoms with Gasteiger partial charge in [0.2, 0.25) is 0 Å². The van der Waals surface area contributed by atoms with Crippen molar-refractivity contribution in [3.05, 3.63) is 126 Å². The second kappa shape index (κ2) is 13.3. The number of carbonyl (C=O) groups is 1. The van der Waals surface area contributed by atoms with Gasteiger partial charge in [0.1, 0.15) is 12.4 Å². The van der Waals surface area contributed by atoms with E-state index in [9.17, 15) is 9.59 Å². The smallest absolute Gasteiger partial charge is 0.338 e. The molecule has 1 aliphatic rings. The highest BCUT2D eigenvalue weighted by atomic mass is 79.9. The van der Waals surface area contributed by atoms with Crippen LogP contribution in [0.5, 0.6) is 17.2 Å². The van der Waals surface area contributed by atoms with Gasteiger partial charge >= 0.3 is 5.97 Å².